The van der Waals surface area contributed by atoms with Crippen LogP contribution in [0.3, 0.4) is 0 Å². The highest BCUT2D eigenvalue weighted by atomic mass is 16.5. The molecule has 1 atom stereocenters. The van der Waals surface area contributed by atoms with Crippen LogP contribution in [0.4, 0.5) is 0 Å². The third kappa shape index (κ3) is 2.21. The number of hydrogen-bond acceptors (Lipinski definition) is 3. The van der Waals surface area contributed by atoms with Gasteiger partial charge in [-0.25, -0.2) is 0 Å². The van der Waals surface area contributed by atoms with Crippen molar-refractivity contribution in [2.75, 3.05) is 13.7 Å². The lowest BCUT2D eigenvalue weighted by molar-refractivity contribution is -0.147. The minimum Gasteiger partial charge on any atom is -0.469 e. The number of nitrogens with one attached hydrogen (secondary N) is 1. The molecule has 1 unspecified atom stereocenters. The molecule has 1 aliphatic heterocycles. The lowest BCUT2D eigenvalue weighted by Gasteiger charge is -2.35. The first-order valence-electron chi connectivity index (χ1n) is 4.38. The molecule has 0 aliphatic carbocycles. The van der Waals surface area contributed by atoms with E-state index in [9.17, 15) is 4.79 Å². The number of piperidine rings is 1. The number of esters is 1. The fourth-order valence-electron chi connectivity index (χ4n) is 1.74. The van der Waals surface area contributed by atoms with E-state index in [4.69, 9.17) is 4.74 Å². The summed E-state index contributed by atoms with van der Waals surface area (Å²) >= 11 is 0. The Morgan fingerprint density at radius 2 is 2.25 bits per heavy atom. The van der Waals surface area contributed by atoms with Gasteiger partial charge in [0.1, 0.15) is 0 Å². The Labute approximate surface area is 73.5 Å². The van der Waals surface area contributed by atoms with Crippen LogP contribution in [-0.2, 0) is 9.53 Å². The average molecular weight is 171 g/mol. The van der Waals surface area contributed by atoms with Crippen molar-refractivity contribution in [2.45, 2.75) is 32.2 Å². The van der Waals surface area contributed by atoms with Crippen LogP contribution in [0, 0.1) is 5.92 Å². The zero-order chi connectivity index (χ0) is 9.19. The van der Waals surface area contributed by atoms with E-state index < -0.39 is 0 Å². The van der Waals surface area contributed by atoms with E-state index in [1.165, 1.54) is 7.11 Å². The van der Waals surface area contributed by atoms with Gasteiger partial charge in [0.15, 0.2) is 0 Å². The molecule has 1 heterocycles. The van der Waals surface area contributed by atoms with E-state index in [2.05, 4.69) is 19.2 Å². The second kappa shape index (κ2) is 3.44. The number of carbonyl (C=O) groups excluding carboxylic acids is 1. The summed E-state index contributed by atoms with van der Waals surface area (Å²) in [5.74, 6) is 0.0239. The predicted octanol–water partition coefficient (Wildman–Crippen LogP) is 0.938. The first-order chi connectivity index (χ1) is 5.55. The number of rotatable bonds is 1. The van der Waals surface area contributed by atoms with Crippen molar-refractivity contribution in [1.82, 2.24) is 5.32 Å². The Hall–Kier alpha value is -0.570. The van der Waals surface area contributed by atoms with Gasteiger partial charge in [-0.15, -0.1) is 0 Å². The lowest BCUT2D eigenvalue weighted by Crippen LogP contribution is -2.48. The normalized spacial score (nSPS) is 28.1. The maximum atomic E-state index is 11.2. The zero-order valence-electron chi connectivity index (χ0n) is 8.02. The van der Waals surface area contributed by atoms with Gasteiger partial charge >= 0.3 is 5.97 Å². The minimum absolute atomic E-state index is 0.0652. The van der Waals surface area contributed by atoms with Crippen LogP contribution in [0.15, 0.2) is 0 Å². The predicted molar refractivity (Wildman–Crippen MR) is 46.8 cm³/mol. The summed E-state index contributed by atoms with van der Waals surface area (Å²) in [6, 6.07) is 0. The van der Waals surface area contributed by atoms with E-state index in [-0.39, 0.29) is 17.4 Å². The van der Waals surface area contributed by atoms with Crippen molar-refractivity contribution >= 4 is 5.97 Å². The first kappa shape index (κ1) is 9.52. The van der Waals surface area contributed by atoms with Crippen molar-refractivity contribution in [1.29, 1.82) is 0 Å². The Bertz CT molecular complexity index is 177. The molecule has 0 saturated carbocycles. The van der Waals surface area contributed by atoms with Crippen LogP contribution in [0.5, 0.6) is 0 Å². The van der Waals surface area contributed by atoms with E-state index in [1.807, 2.05) is 0 Å². The molecule has 0 radical (unpaired) electrons. The second-order valence-corrected chi connectivity index (χ2v) is 4.02. The Kier molecular flexibility index (Phi) is 2.73. The standard InChI is InChI=1S/C9H17NO2/c1-9(2)6-7(4-5-10-9)8(11)12-3/h7,10H,4-6H2,1-3H3. The minimum atomic E-state index is -0.0652. The fraction of sp³-hybridized carbons (Fsp3) is 0.889. The molecule has 1 N–H and O–H groups in total. The largest absolute Gasteiger partial charge is 0.469 e. The van der Waals surface area contributed by atoms with Crippen LogP contribution in [0.25, 0.3) is 0 Å². The molecule has 1 rings (SSSR count). The smallest absolute Gasteiger partial charge is 0.308 e. The van der Waals surface area contributed by atoms with Crippen LogP contribution in [-0.4, -0.2) is 25.2 Å². The van der Waals surface area contributed by atoms with Gasteiger partial charge in [0.25, 0.3) is 0 Å². The lowest BCUT2D eigenvalue weighted by atomic mass is 9.85. The third-order valence-corrected chi connectivity index (χ3v) is 2.39. The number of methoxy groups -OCH3 is 1. The van der Waals surface area contributed by atoms with Gasteiger partial charge in [-0.3, -0.25) is 4.79 Å². The summed E-state index contributed by atoms with van der Waals surface area (Å²) in [7, 11) is 1.46. The summed E-state index contributed by atoms with van der Waals surface area (Å²) in [6.07, 6.45) is 1.77. The molecular formula is C9H17NO2. The molecule has 1 saturated heterocycles. The molecular weight excluding hydrogens is 154 g/mol. The van der Waals surface area contributed by atoms with Crippen molar-refractivity contribution < 1.29 is 9.53 Å². The van der Waals surface area contributed by atoms with Gasteiger partial charge in [-0.2, -0.15) is 0 Å². The van der Waals surface area contributed by atoms with Crippen LogP contribution < -0.4 is 5.32 Å². The molecule has 1 fully saturated rings. The van der Waals surface area contributed by atoms with Crippen LogP contribution in [0.2, 0.25) is 0 Å². The zero-order valence-corrected chi connectivity index (χ0v) is 8.02. The van der Waals surface area contributed by atoms with Gasteiger partial charge in [0.2, 0.25) is 0 Å². The summed E-state index contributed by atoms with van der Waals surface area (Å²) in [6.45, 7) is 5.14. The molecule has 1 aliphatic rings. The first-order valence-corrected chi connectivity index (χ1v) is 4.38. The van der Waals surface area contributed by atoms with Crippen LogP contribution >= 0.6 is 0 Å². The Balaban J connectivity index is 2.52. The fourth-order valence-corrected chi connectivity index (χ4v) is 1.74. The van der Waals surface area contributed by atoms with Crippen molar-refractivity contribution in [2.24, 2.45) is 5.92 Å². The topological polar surface area (TPSA) is 38.3 Å². The average Bonchev–Trinajstić information content (AvgIpc) is 2.01. The van der Waals surface area contributed by atoms with Gasteiger partial charge < -0.3 is 10.1 Å². The monoisotopic (exact) mass is 171 g/mol. The summed E-state index contributed by atoms with van der Waals surface area (Å²) in [5.41, 5.74) is 0.0805. The Morgan fingerprint density at radius 3 is 2.75 bits per heavy atom. The molecule has 0 bridgehead atoms. The molecule has 0 aromatic carbocycles. The summed E-state index contributed by atoms with van der Waals surface area (Å²) in [5, 5.41) is 3.36. The second-order valence-electron chi connectivity index (χ2n) is 4.02. The highest BCUT2D eigenvalue weighted by Gasteiger charge is 2.31. The Morgan fingerprint density at radius 1 is 1.58 bits per heavy atom. The molecule has 3 heteroatoms. The van der Waals surface area contributed by atoms with Crippen molar-refractivity contribution in [3.63, 3.8) is 0 Å². The molecule has 0 aromatic rings. The molecule has 0 amide bonds. The summed E-state index contributed by atoms with van der Waals surface area (Å²) in [4.78, 5) is 11.2. The molecule has 0 spiro atoms. The molecule has 12 heavy (non-hydrogen) atoms. The van der Waals surface area contributed by atoms with E-state index in [0.29, 0.717) is 0 Å². The molecule has 70 valence electrons. The van der Waals surface area contributed by atoms with Crippen molar-refractivity contribution in [3.05, 3.63) is 0 Å². The van der Waals surface area contributed by atoms with Gasteiger partial charge in [0.05, 0.1) is 13.0 Å². The molecule has 0 aromatic heterocycles. The van der Waals surface area contributed by atoms with E-state index >= 15 is 0 Å². The van der Waals surface area contributed by atoms with Gasteiger partial charge in [0, 0.05) is 5.54 Å². The SMILES string of the molecule is COC(=O)C1CCNC(C)(C)C1. The highest BCUT2D eigenvalue weighted by molar-refractivity contribution is 5.72. The maximum Gasteiger partial charge on any atom is 0.308 e. The highest BCUT2D eigenvalue weighted by Crippen LogP contribution is 2.24. The van der Waals surface area contributed by atoms with Gasteiger partial charge in [-0.1, -0.05) is 0 Å². The third-order valence-electron chi connectivity index (χ3n) is 2.39. The van der Waals surface area contributed by atoms with Gasteiger partial charge in [-0.05, 0) is 33.2 Å². The number of carbonyl (C=O) groups is 1. The number of hydrogen-bond donors (Lipinski definition) is 1. The number of ether oxygens (including phenoxy) is 1. The van der Waals surface area contributed by atoms with E-state index in [0.717, 1.165) is 19.4 Å². The maximum absolute atomic E-state index is 11.2. The summed E-state index contributed by atoms with van der Waals surface area (Å²) < 4.78 is 4.72. The van der Waals surface area contributed by atoms with Crippen molar-refractivity contribution in [3.8, 4) is 0 Å². The van der Waals surface area contributed by atoms with Crippen LogP contribution in [0.1, 0.15) is 26.7 Å². The quantitative estimate of drug-likeness (QED) is 0.597. The van der Waals surface area contributed by atoms with E-state index in [1.54, 1.807) is 0 Å². The molecule has 3 nitrogen and oxygen atoms in total.